The Kier molecular flexibility index (Phi) is 3.82. The Hall–Kier alpha value is -1.66. The van der Waals surface area contributed by atoms with E-state index in [0.29, 0.717) is 0 Å². The molecule has 0 spiro atoms. The van der Waals surface area contributed by atoms with Crippen LogP contribution in [0.5, 0.6) is 0 Å². The number of benzene rings is 1. The number of nitrogens with zero attached hydrogens (tertiary/aromatic N) is 2. The molecular weight excluding hydrogens is 352 g/mol. The standard InChI is InChI=1S/C15H13BrN2O2S/c1-9-17-12-8-10(15(19)20)2-4-13(12)18(9)7-6-11-3-5-14(16)21-11/h2-5,8H,6-7H2,1H3,(H,19,20). The summed E-state index contributed by atoms with van der Waals surface area (Å²) >= 11 is 5.20. The third-order valence-electron chi connectivity index (χ3n) is 3.40. The largest absolute Gasteiger partial charge is 0.478 e. The van der Waals surface area contributed by atoms with Crippen LogP contribution in [0.4, 0.5) is 0 Å². The normalized spacial score (nSPS) is 11.1. The van der Waals surface area contributed by atoms with Crippen LogP contribution in [0.3, 0.4) is 0 Å². The van der Waals surface area contributed by atoms with Crippen LogP contribution >= 0.6 is 27.3 Å². The molecule has 4 nitrogen and oxygen atoms in total. The van der Waals surface area contributed by atoms with E-state index < -0.39 is 5.97 Å². The highest BCUT2D eigenvalue weighted by molar-refractivity contribution is 9.11. The summed E-state index contributed by atoms with van der Waals surface area (Å²) in [5.41, 5.74) is 1.99. The van der Waals surface area contributed by atoms with Crippen LogP contribution < -0.4 is 0 Å². The predicted molar refractivity (Wildman–Crippen MR) is 87.2 cm³/mol. The summed E-state index contributed by atoms with van der Waals surface area (Å²) in [5, 5.41) is 9.04. The van der Waals surface area contributed by atoms with Gasteiger partial charge in [0.1, 0.15) is 5.82 Å². The highest BCUT2D eigenvalue weighted by atomic mass is 79.9. The minimum Gasteiger partial charge on any atom is -0.478 e. The number of hydrogen-bond donors (Lipinski definition) is 1. The molecule has 6 heteroatoms. The molecule has 1 aromatic carbocycles. The van der Waals surface area contributed by atoms with E-state index in [9.17, 15) is 4.79 Å². The molecule has 0 aliphatic rings. The lowest BCUT2D eigenvalue weighted by atomic mass is 10.2. The molecular formula is C15H13BrN2O2S. The first-order valence-electron chi connectivity index (χ1n) is 6.49. The van der Waals surface area contributed by atoms with Crippen molar-refractivity contribution in [3.63, 3.8) is 0 Å². The second kappa shape index (κ2) is 5.61. The van der Waals surface area contributed by atoms with Gasteiger partial charge in [-0.3, -0.25) is 0 Å². The van der Waals surface area contributed by atoms with Crippen LogP contribution in [0.2, 0.25) is 0 Å². The zero-order valence-corrected chi connectivity index (χ0v) is 13.7. The van der Waals surface area contributed by atoms with Gasteiger partial charge in [-0.2, -0.15) is 0 Å². The number of carbonyl (C=O) groups is 1. The fourth-order valence-corrected chi connectivity index (χ4v) is 3.85. The van der Waals surface area contributed by atoms with Gasteiger partial charge < -0.3 is 9.67 Å². The van der Waals surface area contributed by atoms with E-state index in [-0.39, 0.29) is 5.56 Å². The maximum absolute atomic E-state index is 11.0. The Morgan fingerprint density at radius 1 is 1.38 bits per heavy atom. The van der Waals surface area contributed by atoms with Gasteiger partial charge in [0.15, 0.2) is 0 Å². The minimum atomic E-state index is -0.924. The SMILES string of the molecule is Cc1nc2cc(C(=O)O)ccc2n1CCc1ccc(Br)s1. The van der Waals surface area contributed by atoms with Gasteiger partial charge in [0.25, 0.3) is 0 Å². The number of thiophene rings is 1. The van der Waals surface area contributed by atoms with Crippen molar-refractivity contribution in [2.75, 3.05) is 0 Å². The summed E-state index contributed by atoms with van der Waals surface area (Å²) in [6.07, 6.45) is 0.934. The van der Waals surface area contributed by atoms with Gasteiger partial charge in [0.05, 0.1) is 20.4 Å². The molecule has 3 rings (SSSR count). The molecule has 2 heterocycles. The smallest absolute Gasteiger partial charge is 0.335 e. The lowest BCUT2D eigenvalue weighted by Gasteiger charge is -2.05. The minimum absolute atomic E-state index is 0.273. The zero-order valence-electron chi connectivity index (χ0n) is 11.3. The van der Waals surface area contributed by atoms with Crippen molar-refractivity contribution < 1.29 is 9.90 Å². The Labute approximate surface area is 134 Å². The summed E-state index contributed by atoms with van der Waals surface area (Å²) < 4.78 is 3.27. The molecule has 0 bridgehead atoms. The summed E-state index contributed by atoms with van der Waals surface area (Å²) in [6.45, 7) is 2.78. The van der Waals surface area contributed by atoms with Gasteiger partial charge in [-0.25, -0.2) is 9.78 Å². The van der Waals surface area contributed by atoms with Crippen molar-refractivity contribution in [1.82, 2.24) is 9.55 Å². The molecule has 3 aromatic rings. The zero-order chi connectivity index (χ0) is 15.0. The molecule has 0 aliphatic carbocycles. The van der Waals surface area contributed by atoms with E-state index in [1.165, 1.54) is 4.88 Å². The highest BCUT2D eigenvalue weighted by Crippen LogP contribution is 2.24. The number of hydrogen-bond acceptors (Lipinski definition) is 3. The molecule has 0 atom stereocenters. The lowest BCUT2D eigenvalue weighted by Crippen LogP contribution is -2.02. The fraction of sp³-hybridized carbons (Fsp3) is 0.200. The third kappa shape index (κ3) is 2.87. The summed E-state index contributed by atoms with van der Waals surface area (Å²) in [6, 6.07) is 9.26. The number of rotatable bonds is 4. The van der Waals surface area contributed by atoms with Crippen LogP contribution in [0.15, 0.2) is 34.1 Å². The number of carboxylic acid groups (broad SMARTS) is 1. The fourth-order valence-electron chi connectivity index (χ4n) is 2.37. The van der Waals surface area contributed by atoms with Gasteiger partial charge >= 0.3 is 5.97 Å². The number of aromatic nitrogens is 2. The molecule has 0 unspecified atom stereocenters. The van der Waals surface area contributed by atoms with E-state index in [0.717, 1.165) is 33.6 Å². The van der Waals surface area contributed by atoms with Crippen LogP contribution in [0.25, 0.3) is 11.0 Å². The second-order valence-corrected chi connectivity index (χ2v) is 7.32. The number of aryl methyl sites for hydroxylation is 3. The average Bonchev–Trinajstić information content (AvgIpc) is 2.98. The predicted octanol–water partition coefficient (Wildman–Crippen LogP) is 4.11. The molecule has 2 aromatic heterocycles. The quantitative estimate of drug-likeness (QED) is 0.757. The van der Waals surface area contributed by atoms with Gasteiger partial charge in [0, 0.05) is 11.4 Å². The number of halogens is 1. The van der Waals surface area contributed by atoms with Crippen molar-refractivity contribution in [2.24, 2.45) is 0 Å². The number of aromatic carboxylic acids is 1. The number of carboxylic acids is 1. The number of imidazole rings is 1. The van der Waals surface area contributed by atoms with Gasteiger partial charge in [-0.05, 0) is 59.6 Å². The molecule has 0 saturated carbocycles. The first kappa shape index (κ1) is 14.3. The van der Waals surface area contributed by atoms with Gasteiger partial charge in [0.2, 0.25) is 0 Å². The molecule has 0 fully saturated rings. The summed E-state index contributed by atoms with van der Waals surface area (Å²) in [7, 11) is 0. The van der Waals surface area contributed by atoms with E-state index in [1.807, 2.05) is 13.0 Å². The van der Waals surface area contributed by atoms with Crippen LogP contribution in [-0.2, 0) is 13.0 Å². The van der Waals surface area contributed by atoms with Gasteiger partial charge in [-0.15, -0.1) is 11.3 Å². The molecule has 0 radical (unpaired) electrons. The van der Waals surface area contributed by atoms with Crippen LogP contribution in [0, 0.1) is 6.92 Å². The van der Waals surface area contributed by atoms with E-state index in [4.69, 9.17) is 5.11 Å². The molecule has 108 valence electrons. The highest BCUT2D eigenvalue weighted by Gasteiger charge is 2.11. The monoisotopic (exact) mass is 364 g/mol. The topological polar surface area (TPSA) is 55.1 Å². The van der Waals surface area contributed by atoms with Crippen molar-refractivity contribution >= 4 is 44.3 Å². The van der Waals surface area contributed by atoms with E-state index >= 15 is 0 Å². The average molecular weight is 365 g/mol. The van der Waals surface area contributed by atoms with Crippen LogP contribution in [0.1, 0.15) is 21.1 Å². The second-order valence-electron chi connectivity index (χ2n) is 4.78. The molecule has 21 heavy (non-hydrogen) atoms. The molecule has 1 N–H and O–H groups in total. The van der Waals surface area contributed by atoms with Crippen molar-refractivity contribution in [3.05, 3.63) is 50.4 Å². The maximum atomic E-state index is 11.0. The Morgan fingerprint density at radius 2 is 2.19 bits per heavy atom. The van der Waals surface area contributed by atoms with Crippen molar-refractivity contribution in [1.29, 1.82) is 0 Å². The van der Waals surface area contributed by atoms with Gasteiger partial charge in [-0.1, -0.05) is 0 Å². The summed E-state index contributed by atoms with van der Waals surface area (Å²) in [5.74, 6) is -0.0179. The molecule has 0 amide bonds. The van der Waals surface area contributed by atoms with E-state index in [1.54, 1.807) is 23.5 Å². The Morgan fingerprint density at radius 3 is 2.86 bits per heavy atom. The van der Waals surface area contributed by atoms with Crippen molar-refractivity contribution in [2.45, 2.75) is 19.9 Å². The first-order valence-corrected chi connectivity index (χ1v) is 8.10. The molecule has 0 saturated heterocycles. The van der Waals surface area contributed by atoms with Crippen molar-refractivity contribution in [3.8, 4) is 0 Å². The maximum Gasteiger partial charge on any atom is 0.335 e. The van der Waals surface area contributed by atoms with Crippen LogP contribution in [-0.4, -0.2) is 20.6 Å². The Bertz CT molecular complexity index is 822. The Balaban J connectivity index is 1.91. The van der Waals surface area contributed by atoms with E-state index in [2.05, 4.69) is 37.6 Å². The lowest BCUT2D eigenvalue weighted by molar-refractivity contribution is 0.0697. The third-order valence-corrected chi connectivity index (χ3v) is 5.08. The molecule has 0 aliphatic heterocycles. The number of fused-ring (bicyclic) bond motifs is 1. The summed E-state index contributed by atoms with van der Waals surface area (Å²) in [4.78, 5) is 16.8. The first-order chi connectivity index (χ1) is 10.0.